The third-order valence-corrected chi connectivity index (χ3v) is 3.78. The molecule has 2 bridgehead atoms. The van der Waals surface area contributed by atoms with Crippen molar-refractivity contribution in [1.29, 1.82) is 0 Å². The van der Waals surface area contributed by atoms with Gasteiger partial charge in [0.2, 0.25) is 0 Å². The zero-order valence-corrected chi connectivity index (χ0v) is 10.8. The Morgan fingerprint density at radius 2 is 1.83 bits per heavy atom. The lowest BCUT2D eigenvalue weighted by Gasteiger charge is -2.29. The Morgan fingerprint density at radius 3 is 2.39 bits per heavy atom. The van der Waals surface area contributed by atoms with Gasteiger partial charge in [-0.05, 0) is 47.0 Å². The van der Waals surface area contributed by atoms with Crippen LogP contribution in [0.5, 0.6) is 0 Å². The largest absolute Gasteiger partial charge is 0.355 e. The van der Waals surface area contributed by atoms with E-state index < -0.39 is 18.0 Å². The van der Waals surface area contributed by atoms with Gasteiger partial charge in [0, 0.05) is 0 Å². The number of imide groups is 1. The predicted octanol–water partition coefficient (Wildman–Crippen LogP) is 2.01. The van der Waals surface area contributed by atoms with Crippen molar-refractivity contribution in [2.24, 2.45) is 0 Å². The molecule has 2 aliphatic heterocycles. The number of fused-ring (bicyclic) bond motifs is 2. The first-order valence-electron chi connectivity index (χ1n) is 5.56. The number of hydrogen-bond donors (Lipinski definition) is 0. The van der Waals surface area contributed by atoms with Crippen LogP contribution in [0.25, 0.3) is 0 Å². The summed E-state index contributed by atoms with van der Waals surface area (Å²) in [6.45, 7) is 0. The van der Waals surface area contributed by atoms with Crippen LogP contribution in [0, 0.1) is 5.82 Å². The second kappa shape index (κ2) is 4.13. The first kappa shape index (κ1) is 11.8. The second-order valence-electron chi connectivity index (χ2n) is 4.30. The molecule has 2 amide bonds. The molecule has 94 valence electrons. The fourth-order valence-corrected chi connectivity index (χ4v) is 2.64. The SMILES string of the molecule is O=C1C2CCC(O2)C(=O)N1c1ccc(F)c(Br)c1. The summed E-state index contributed by atoms with van der Waals surface area (Å²) in [6.07, 6.45) is 0.0374. The Balaban J connectivity index is 2.02. The van der Waals surface area contributed by atoms with E-state index in [1.807, 2.05) is 0 Å². The van der Waals surface area contributed by atoms with Gasteiger partial charge in [-0.3, -0.25) is 9.59 Å². The monoisotopic (exact) mass is 313 g/mol. The number of anilines is 1. The van der Waals surface area contributed by atoms with Gasteiger partial charge >= 0.3 is 0 Å². The molecule has 2 saturated heterocycles. The summed E-state index contributed by atoms with van der Waals surface area (Å²) in [6, 6.07) is 4.06. The number of benzene rings is 1. The number of nitrogens with zero attached hydrogens (tertiary/aromatic N) is 1. The highest BCUT2D eigenvalue weighted by Crippen LogP contribution is 2.33. The first-order chi connectivity index (χ1) is 8.58. The molecular formula is C12H9BrFNO3. The first-order valence-corrected chi connectivity index (χ1v) is 6.35. The summed E-state index contributed by atoms with van der Waals surface area (Å²) in [5.41, 5.74) is 0.374. The van der Waals surface area contributed by atoms with Crippen LogP contribution in [0.15, 0.2) is 22.7 Å². The molecule has 2 heterocycles. The summed E-state index contributed by atoms with van der Waals surface area (Å²) < 4.78 is 18.7. The van der Waals surface area contributed by atoms with Crippen molar-refractivity contribution in [3.63, 3.8) is 0 Å². The average molecular weight is 314 g/mol. The molecule has 2 unspecified atom stereocenters. The van der Waals surface area contributed by atoms with E-state index in [1.54, 1.807) is 0 Å². The lowest BCUT2D eigenvalue weighted by atomic mass is 10.2. The van der Waals surface area contributed by atoms with E-state index in [0.717, 1.165) is 4.90 Å². The van der Waals surface area contributed by atoms with Crippen LogP contribution < -0.4 is 4.90 Å². The summed E-state index contributed by atoms with van der Waals surface area (Å²) in [4.78, 5) is 25.2. The molecule has 0 aliphatic carbocycles. The Labute approximate surface area is 111 Å². The zero-order chi connectivity index (χ0) is 12.9. The molecular weight excluding hydrogens is 305 g/mol. The smallest absolute Gasteiger partial charge is 0.262 e. The number of carbonyl (C=O) groups is 2. The molecule has 18 heavy (non-hydrogen) atoms. The molecule has 2 atom stereocenters. The van der Waals surface area contributed by atoms with Crippen LogP contribution in [0.3, 0.4) is 0 Å². The Bertz CT molecular complexity index is 526. The normalized spacial score (nSPS) is 26.9. The molecule has 0 N–H and O–H groups in total. The third kappa shape index (κ3) is 1.67. The van der Waals surface area contributed by atoms with Gasteiger partial charge in [-0.2, -0.15) is 0 Å². The van der Waals surface area contributed by atoms with Gasteiger partial charge in [-0.25, -0.2) is 9.29 Å². The fourth-order valence-electron chi connectivity index (χ4n) is 2.28. The molecule has 3 rings (SSSR count). The fraction of sp³-hybridized carbons (Fsp3) is 0.333. The number of amides is 2. The number of halogens is 2. The number of morpholine rings is 1. The van der Waals surface area contributed by atoms with Crippen molar-refractivity contribution in [1.82, 2.24) is 0 Å². The molecule has 6 heteroatoms. The topological polar surface area (TPSA) is 46.6 Å². The van der Waals surface area contributed by atoms with Crippen LogP contribution in [-0.4, -0.2) is 24.0 Å². The maximum Gasteiger partial charge on any atom is 0.262 e. The van der Waals surface area contributed by atoms with Crippen molar-refractivity contribution in [3.05, 3.63) is 28.5 Å². The van der Waals surface area contributed by atoms with Gasteiger partial charge in [0.1, 0.15) is 18.0 Å². The van der Waals surface area contributed by atoms with Crippen LogP contribution >= 0.6 is 15.9 Å². The van der Waals surface area contributed by atoms with E-state index in [4.69, 9.17) is 4.74 Å². The van der Waals surface area contributed by atoms with Crippen molar-refractivity contribution < 1.29 is 18.7 Å². The van der Waals surface area contributed by atoms with Gasteiger partial charge in [0.05, 0.1) is 10.2 Å². The van der Waals surface area contributed by atoms with Crippen LogP contribution in [0.2, 0.25) is 0 Å². The highest BCUT2D eigenvalue weighted by Gasteiger charge is 2.47. The van der Waals surface area contributed by atoms with Gasteiger partial charge in [-0.1, -0.05) is 0 Å². The maximum atomic E-state index is 13.2. The van der Waals surface area contributed by atoms with Crippen molar-refractivity contribution in [2.45, 2.75) is 25.0 Å². The van der Waals surface area contributed by atoms with E-state index in [-0.39, 0.29) is 16.3 Å². The minimum Gasteiger partial charge on any atom is -0.355 e. The van der Waals surface area contributed by atoms with Crippen molar-refractivity contribution in [2.75, 3.05) is 4.90 Å². The Morgan fingerprint density at radius 1 is 1.22 bits per heavy atom. The molecule has 2 aliphatic rings. The highest BCUT2D eigenvalue weighted by molar-refractivity contribution is 9.10. The van der Waals surface area contributed by atoms with E-state index in [0.29, 0.717) is 18.5 Å². The summed E-state index contributed by atoms with van der Waals surface area (Å²) in [5, 5.41) is 0. The van der Waals surface area contributed by atoms with Gasteiger partial charge < -0.3 is 4.74 Å². The average Bonchev–Trinajstić information content (AvgIpc) is 2.78. The van der Waals surface area contributed by atoms with Gasteiger partial charge in [-0.15, -0.1) is 0 Å². The van der Waals surface area contributed by atoms with E-state index in [1.165, 1.54) is 18.2 Å². The summed E-state index contributed by atoms with van der Waals surface area (Å²) in [5.74, 6) is -1.17. The maximum absolute atomic E-state index is 13.2. The molecule has 0 spiro atoms. The van der Waals surface area contributed by atoms with Gasteiger partial charge in [0.15, 0.2) is 0 Å². The van der Waals surface area contributed by atoms with Crippen molar-refractivity contribution >= 4 is 33.4 Å². The van der Waals surface area contributed by atoms with Crippen LogP contribution in [0.1, 0.15) is 12.8 Å². The number of rotatable bonds is 1. The standard InChI is InChI=1S/C12H9BrFNO3/c13-7-5-6(1-2-8(7)14)15-11(16)9-3-4-10(18-9)12(15)17/h1-2,5,9-10H,3-4H2. The zero-order valence-electron chi connectivity index (χ0n) is 9.23. The minimum absolute atomic E-state index is 0.222. The molecule has 1 aromatic carbocycles. The third-order valence-electron chi connectivity index (χ3n) is 3.17. The molecule has 0 aromatic heterocycles. The lowest BCUT2D eigenvalue weighted by Crippen LogP contribution is -2.52. The highest BCUT2D eigenvalue weighted by atomic mass is 79.9. The molecule has 0 radical (unpaired) electrons. The molecule has 2 fully saturated rings. The van der Waals surface area contributed by atoms with E-state index in [2.05, 4.69) is 15.9 Å². The quantitative estimate of drug-likeness (QED) is 0.745. The lowest BCUT2D eigenvalue weighted by molar-refractivity contribution is -0.146. The van der Waals surface area contributed by atoms with Crippen LogP contribution in [-0.2, 0) is 14.3 Å². The predicted molar refractivity (Wildman–Crippen MR) is 64.5 cm³/mol. The van der Waals surface area contributed by atoms with E-state index >= 15 is 0 Å². The number of hydrogen-bond acceptors (Lipinski definition) is 3. The molecule has 1 aromatic rings. The Hall–Kier alpha value is -1.27. The Kier molecular flexibility index (Phi) is 2.71. The number of carbonyl (C=O) groups excluding carboxylic acids is 2. The van der Waals surface area contributed by atoms with Gasteiger partial charge in [0.25, 0.3) is 11.8 Å². The summed E-state index contributed by atoms with van der Waals surface area (Å²) in [7, 11) is 0. The molecule has 0 saturated carbocycles. The van der Waals surface area contributed by atoms with Crippen LogP contribution in [0.4, 0.5) is 10.1 Å². The molecule has 4 nitrogen and oxygen atoms in total. The second-order valence-corrected chi connectivity index (χ2v) is 5.16. The summed E-state index contributed by atoms with van der Waals surface area (Å²) >= 11 is 3.04. The number of ether oxygens (including phenoxy) is 1. The van der Waals surface area contributed by atoms with Crippen molar-refractivity contribution in [3.8, 4) is 0 Å². The van der Waals surface area contributed by atoms with E-state index in [9.17, 15) is 14.0 Å². The minimum atomic E-state index is -0.545.